The molecule has 1 aromatic heterocycles. The summed E-state index contributed by atoms with van der Waals surface area (Å²) in [5, 5.41) is 9.60. The van der Waals surface area contributed by atoms with Crippen LogP contribution >= 0.6 is 0 Å². The lowest BCUT2D eigenvalue weighted by Crippen LogP contribution is -2.48. The highest BCUT2D eigenvalue weighted by molar-refractivity contribution is 5.76. The average Bonchev–Trinajstić information content (AvgIpc) is 2.39. The van der Waals surface area contributed by atoms with E-state index in [1.807, 2.05) is 19.1 Å². The Hall–Kier alpha value is -1.58. The molecule has 1 aliphatic heterocycles. The second-order valence-corrected chi connectivity index (χ2v) is 5.52. The SMILES string of the molecule is CCCC1(C(=O)O)CCCN(c2ccnc(C)c2)C1. The summed E-state index contributed by atoms with van der Waals surface area (Å²) in [5.74, 6) is -0.648. The van der Waals surface area contributed by atoms with Crippen LogP contribution in [0.2, 0.25) is 0 Å². The van der Waals surface area contributed by atoms with E-state index < -0.39 is 11.4 Å². The minimum atomic E-state index is -0.648. The summed E-state index contributed by atoms with van der Waals surface area (Å²) >= 11 is 0. The first kappa shape index (κ1) is 13.8. The topological polar surface area (TPSA) is 53.4 Å². The van der Waals surface area contributed by atoms with Crippen molar-refractivity contribution < 1.29 is 9.90 Å². The molecule has 0 saturated carbocycles. The Morgan fingerprint density at radius 1 is 1.58 bits per heavy atom. The van der Waals surface area contributed by atoms with Crippen LogP contribution in [0.25, 0.3) is 0 Å². The van der Waals surface area contributed by atoms with Gasteiger partial charge in [0.05, 0.1) is 5.41 Å². The maximum Gasteiger partial charge on any atom is 0.311 e. The van der Waals surface area contributed by atoms with Gasteiger partial charge in [-0.3, -0.25) is 9.78 Å². The van der Waals surface area contributed by atoms with Crippen molar-refractivity contribution in [2.24, 2.45) is 5.41 Å². The molecule has 1 aromatic rings. The normalized spacial score (nSPS) is 23.4. The minimum absolute atomic E-state index is 0.579. The smallest absolute Gasteiger partial charge is 0.311 e. The number of pyridine rings is 1. The van der Waals surface area contributed by atoms with Gasteiger partial charge in [0.2, 0.25) is 0 Å². The summed E-state index contributed by atoms with van der Waals surface area (Å²) in [6.45, 7) is 5.56. The lowest BCUT2D eigenvalue weighted by Gasteiger charge is -2.41. The van der Waals surface area contributed by atoms with Gasteiger partial charge < -0.3 is 10.0 Å². The summed E-state index contributed by atoms with van der Waals surface area (Å²) in [7, 11) is 0. The number of anilines is 1. The maximum atomic E-state index is 11.7. The Bertz CT molecular complexity index is 457. The number of rotatable bonds is 4. The van der Waals surface area contributed by atoms with Gasteiger partial charge in [-0.05, 0) is 38.3 Å². The quantitative estimate of drug-likeness (QED) is 0.906. The maximum absolute atomic E-state index is 11.7. The van der Waals surface area contributed by atoms with Crippen LogP contribution < -0.4 is 4.90 Å². The second-order valence-electron chi connectivity index (χ2n) is 5.52. The van der Waals surface area contributed by atoms with Gasteiger partial charge in [0.1, 0.15) is 0 Å². The molecule has 4 heteroatoms. The Morgan fingerprint density at radius 2 is 2.37 bits per heavy atom. The van der Waals surface area contributed by atoms with Crippen LogP contribution in [0.15, 0.2) is 18.3 Å². The van der Waals surface area contributed by atoms with Crippen LogP contribution in [-0.4, -0.2) is 29.1 Å². The molecular weight excluding hydrogens is 240 g/mol. The third-order valence-corrected chi connectivity index (χ3v) is 4.00. The summed E-state index contributed by atoms with van der Waals surface area (Å²) in [5.41, 5.74) is 1.48. The number of aromatic nitrogens is 1. The van der Waals surface area contributed by atoms with Gasteiger partial charge in [0, 0.05) is 30.7 Å². The van der Waals surface area contributed by atoms with Gasteiger partial charge in [0.25, 0.3) is 0 Å². The van der Waals surface area contributed by atoms with E-state index in [-0.39, 0.29) is 0 Å². The van der Waals surface area contributed by atoms with E-state index >= 15 is 0 Å². The largest absolute Gasteiger partial charge is 0.481 e. The molecule has 1 atom stereocenters. The molecule has 0 bridgehead atoms. The van der Waals surface area contributed by atoms with Gasteiger partial charge in [-0.2, -0.15) is 0 Å². The summed E-state index contributed by atoms with van der Waals surface area (Å²) in [6, 6.07) is 4.00. The standard InChI is InChI=1S/C15H22N2O2/c1-3-6-15(14(18)19)7-4-9-17(11-15)13-5-8-16-12(2)10-13/h5,8,10H,3-4,6-7,9,11H2,1-2H3,(H,18,19). The zero-order valence-corrected chi connectivity index (χ0v) is 11.7. The molecule has 0 spiro atoms. The number of hydrogen-bond acceptors (Lipinski definition) is 3. The number of piperidine rings is 1. The van der Waals surface area contributed by atoms with E-state index in [2.05, 4.69) is 16.8 Å². The molecule has 2 rings (SSSR count). The van der Waals surface area contributed by atoms with Crippen molar-refractivity contribution in [3.63, 3.8) is 0 Å². The molecule has 0 amide bonds. The van der Waals surface area contributed by atoms with E-state index in [9.17, 15) is 9.90 Å². The zero-order chi connectivity index (χ0) is 13.9. The minimum Gasteiger partial charge on any atom is -0.481 e. The van der Waals surface area contributed by atoms with Crippen molar-refractivity contribution in [1.29, 1.82) is 0 Å². The number of nitrogens with zero attached hydrogens (tertiary/aromatic N) is 2. The number of carboxylic acid groups (broad SMARTS) is 1. The predicted octanol–water partition coefficient (Wildman–Crippen LogP) is 2.86. The molecule has 1 fully saturated rings. The Morgan fingerprint density at radius 3 is 3.00 bits per heavy atom. The lowest BCUT2D eigenvalue weighted by molar-refractivity contribution is -0.150. The fourth-order valence-corrected chi connectivity index (χ4v) is 3.04. The molecule has 1 N–H and O–H groups in total. The molecule has 0 aliphatic carbocycles. The third-order valence-electron chi connectivity index (χ3n) is 4.00. The molecule has 1 unspecified atom stereocenters. The van der Waals surface area contributed by atoms with Gasteiger partial charge in [-0.1, -0.05) is 13.3 Å². The fourth-order valence-electron chi connectivity index (χ4n) is 3.04. The molecule has 104 valence electrons. The van der Waals surface area contributed by atoms with E-state index in [4.69, 9.17) is 0 Å². The Balaban J connectivity index is 2.22. The van der Waals surface area contributed by atoms with Crippen molar-refractivity contribution in [1.82, 2.24) is 4.98 Å². The second kappa shape index (κ2) is 5.59. The fraction of sp³-hybridized carbons (Fsp3) is 0.600. The number of aryl methyl sites for hydroxylation is 1. The van der Waals surface area contributed by atoms with Crippen LogP contribution in [0.4, 0.5) is 5.69 Å². The number of carboxylic acids is 1. The van der Waals surface area contributed by atoms with Crippen LogP contribution in [0.1, 0.15) is 38.3 Å². The van der Waals surface area contributed by atoms with E-state index in [0.29, 0.717) is 6.54 Å². The van der Waals surface area contributed by atoms with E-state index in [1.165, 1.54) is 0 Å². The van der Waals surface area contributed by atoms with Crippen molar-refractivity contribution in [3.8, 4) is 0 Å². The first-order valence-electron chi connectivity index (χ1n) is 6.98. The molecular formula is C15H22N2O2. The molecule has 2 heterocycles. The van der Waals surface area contributed by atoms with Crippen molar-refractivity contribution in [2.75, 3.05) is 18.0 Å². The summed E-state index contributed by atoms with van der Waals surface area (Å²) < 4.78 is 0. The highest BCUT2D eigenvalue weighted by Gasteiger charge is 2.41. The Labute approximate surface area is 114 Å². The van der Waals surface area contributed by atoms with E-state index in [1.54, 1.807) is 6.20 Å². The van der Waals surface area contributed by atoms with Crippen LogP contribution in [-0.2, 0) is 4.79 Å². The van der Waals surface area contributed by atoms with Crippen molar-refractivity contribution in [2.45, 2.75) is 39.5 Å². The molecule has 0 radical (unpaired) electrons. The highest BCUT2D eigenvalue weighted by Crippen LogP contribution is 2.36. The molecule has 4 nitrogen and oxygen atoms in total. The van der Waals surface area contributed by atoms with Crippen molar-refractivity contribution in [3.05, 3.63) is 24.0 Å². The summed E-state index contributed by atoms with van der Waals surface area (Å²) in [6.07, 6.45) is 5.18. The van der Waals surface area contributed by atoms with Gasteiger partial charge >= 0.3 is 5.97 Å². The van der Waals surface area contributed by atoms with Crippen LogP contribution in [0.3, 0.4) is 0 Å². The first-order chi connectivity index (χ1) is 9.07. The van der Waals surface area contributed by atoms with E-state index in [0.717, 1.165) is 43.6 Å². The van der Waals surface area contributed by atoms with Gasteiger partial charge in [0.15, 0.2) is 0 Å². The molecule has 19 heavy (non-hydrogen) atoms. The number of aliphatic carboxylic acids is 1. The highest BCUT2D eigenvalue weighted by atomic mass is 16.4. The summed E-state index contributed by atoms with van der Waals surface area (Å²) in [4.78, 5) is 18.1. The third kappa shape index (κ3) is 2.88. The number of carbonyl (C=O) groups is 1. The van der Waals surface area contributed by atoms with Gasteiger partial charge in [-0.15, -0.1) is 0 Å². The molecule has 1 saturated heterocycles. The molecule has 0 aromatic carbocycles. The Kier molecular flexibility index (Phi) is 4.08. The van der Waals surface area contributed by atoms with Crippen LogP contribution in [0.5, 0.6) is 0 Å². The van der Waals surface area contributed by atoms with Gasteiger partial charge in [-0.25, -0.2) is 0 Å². The monoisotopic (exact) mass is 262 g/mol. The molecule has 1 aliphatic rings. The zero-order valence-electron chi connectivity index (χ0n) is 11.7. The average molecular weight is 262 g/mol. The predicted molar refractivity (Wildman–Crippen MR) is 75.4 cm³/mol. The van der Waals surface area contributed by atoms with Crippen LogP contribution in [0, 0.1) is 12.3 Å². The first-order valence-corrected chi connectivity index (χ1v) is 6.98. The number of hydrogen-bond donors (Lipinski definition) is 1. The van der Waals surface area contributed by atoms with Crippen molar-refractivity contribution >= 4 is 11.7 Å². The lowest BCUT2D eigenvalue weighted by atomic mass is 9.76.